The van der Waals surface area contributed by atoms with Crippen LogP contribution in [0.5, 0.6) is 5.75 Å². The van der Waals surface area contributed by atoms with Gasteiger partial charge in [0.15, 0.2) is 0 Å². The van der Waals surface area contributed by atoms with E-state index < -0.39 is 6.10 Å². The van der Waals surface area contributed by atoms with Crippen LogP contribution in [0, 0.1) is 0 Å². The quantitative estimate of drug-likeness (QED) is 0.800. The molecular formula is C15H19NO3. The van der Waals surface area contributed by atoms with E-state index in [0.29, 0.717) is 19.5 Å². The first kappa shape index (κ1) is 13.6. The van der Waals surface area contributed by atoms with Gasteiger partial charge in [0.05, 0.1) is 26.0 Å². The molecule has 19 heavy (non-hydrogen) atoms. The molecule has 1 unspecified atom stereocenters. The summed E-state index contributed by atoms with van der Waals surface area (Å²) in [5, 5.41) is 13.2. The Morgan fingerprint density at radius 3 is 2.84 bits per heavy atom. The van der Waals surface area contributed by atoms with E-state index in [1.807, 2.05) is 36.4 Å². The molecule has 2 aromatic rings. The number of furan rings is 1. The van der Waals surface area contributed by atoms with Crippen molar-refractivity contribution in [2.45, 2.75) is 19.1 Å². The van der Waals surface area contributed by atoms with Crippen LogP contribution in [0.25, 0.3) is 0 Å². The van der Waals surface area contributed by atoms with Crippen molar-refractivity contribution in [2.75, 3.05) is 13.7 Å². The molecule has 0 aliphatic carbocycles. The predicted molar refractivity (Wildman–Crippen MR) is 73.1 cm³/mol. The highest BCUT2D eigenvalue weighted by Gasteiger charge is 2.09. The molecule has 4 heteroatoms. The van der Waals surface area contributed by atoms with E-state index in [1.165, 1.54) is 0 Å². The van der Waals surface area contributed by atoms with E-state index >= 15 is 0 Å². The first-order valence-electron chi connectivity index (χ1n) is 6.32. The Bertz CT molecular complexity index is 482. The van der Waals surface area contributed by atoms with Gasteiger partial charge in [-0.05, 0) is 23.8 Å². The molecule has 1 aromatic heterocycles. The molecule has 102 valence electrons. The second-order valence-electron chi connectivity index (χ2n) is 4.38. The van der Waals surface area contributed by atoms with Gasteiger partial charge in [-0.25, -0.2) is 0 Å². The van der Waals surface area contributed by atoms with Crippen LogP contribution in [0.3, 0.4) is 0 Å². The Balaban J connectivity index is 1.79. The molecule has 0 saturated carbocycles. The Kier molecular flexibility index (Phi) is 5.01. The zero-order chi connectivity index (χ0) is 13.5. The molecule has 1 heterocycles. The maximum Gasteiger partial charge on any atom is 0.122 e. The number of aliphatic hydroxyl groups excluding tert-OH is 1. The molecule has 0 bridgehead atoms. The summed E-state index contributed by atoms with van der Waals surface area (Å²) in [7, 11) is 1.64. The van der Waals surface area contributed by atoms with Crippen molar-refractivity contribution in [2.24, 2.45) is 0 Å². The molecule has 0 spiro atoms. The Labute approximate surface area is 113 Å². The van der Waals surface area contributed by atoms with Gasteiger partial charge in [-0.1, -0.05) is 18.2 Å². The summed E-state index contributed by atoms with van der Waals surface area (Å²) in [6.45, 7) is 1.13. The number of rotatable bonds is 7. The summed E-state index contributed by atoms with van der Waals surface area (Å²) in [5.74, 6) is 1.68. The van der Waals surface area contributed by atoms with Gasteiger partial charge in [0.25, 0.3) is 0 Å². The number of hydrogen-bond donors (Lipinski definition) is 2. The van der Waals surface area contributed by atoms with Gasteiger partial charge in [-0.2, -0.15) is 0 Å². The highest BCUT2D eigenvalue weighted by atomic mass is 16.5. The molecular weight excluding hydrogens is 242 g/mol. The second-order valence-corrected chi connectivity index (χ2v) is 4.38. The van der Waals surface area contributed by atoms with Crippen LogP contribution in [-0.2, 0) is 13.0 Å². The third-order valence-corrected chi connectivity index (χ3v) is 2.91. The van der Waals surface area contributed by atoms with E-state index in [0.717, 1.165) is 17.1 Å². The zero-order valence-corrected chi connectivity index (χ0v) is 11.0. The number of methoxy groups -OCH3 is 1. The van der Waals surface area contributed by atoms with Crippen LogP contribution < -0.4 is 10.1 Å². The van der Waals surface area contributed by atoms with Crippen molar-refractivity contribution >= 4 is 0 Å². The Morgan fingerprint density at radius 1 is 1.26 bits per heavy atom. The standard InChI is InChI=1S/C15H19NO3/c1-18-15-7-3-2-5-12(15)9-13(17)10-16-11-14-6-4-8-19-14/h2-8,13,16-17H,9-11H2,1H3. The van der Waals surface area contributed by atoms with E-state index in [4.69, 9.17) is 9.15 Å². The smallest absolute Gasteiger partial charge is 0.122 e. The van der Waals surface area contributed by atoms with Crippen LogP contribution in [0.2, 0.25) is 0 Å². The van der Waals surface area contributed by atoms with Crippen LogP contribution in [-0.4, -0.2) is 24.9 Å². The molecule has 0 radical (unpaired) electrons. The summed E-state index contributed by atoms with van der Waals surface area (Å²) in [6.07, 6.45) is 1.75. The maximum absolute atomic E-state index is 10.0. The topological polar surface area (TPSA) is 54.6 Å². The van der Waals surface area contributed by atoms with Crippen LogP contribution in [0.15, 0.2) is 47.1 Å². The highest BCUT2D eigenvalue weighted by Crippen LogP contribution is 2.18. The van der Waals surface area contributed by atoms with Crippen molar-refractivity contribution in [3.63, 3.8) is 0 Å². The summed E-state index contributed by atoms with van der Waals surface area (Å²) in [5.41, 5.74) is 1.01. The minimum atomic E-state index is -0.453. The van der Waals surface area contributed by atoms with Gasteiger partial charge >= 0.3 is 0 Å². The first-order chi connectivity index (χ1) is 9.29. The third kappa shape index (κ3) is 4.12. The molecule has 0 saturated heterocycles. The fourth-order valence-electron chi connectivity index (χ4n) is 1.97. The highest BCUT2D eigenvalue weighted by molar-refractivity contribution is 5.33. The van der Waals surface area contributed by atoms with Gasteiger partial charge in [-0.3, -0.25) is 0 Å². The maximum atomic E-state index is 10.0. The normalized spacial score (nSPS) is 12.3. The lowest BCUT2D eigenvalue weighted by atomic mass is 10.1. The molecule has 0 amide bonds. The van der Waals surface area contributed by atoms with Gasteiger partial charge < -0.3 is 19.6 Å². The lowest BCUT2D eigenvalue weighted by Crippen LogP contribution is -2.28. The second kappa shape index (κ2) is 6.97. The van der Waals surface area contributed by atoms with Gasteiger partial charge in [0.1, 0.15) is 11.5 Å². The molecule has 1 atom stereocenters. The molecule has 0 aliphatic rings. The number of aliphatic hydroxyl groups is 1. The van der Waals surface area contributed by atoms with E-state index in [2.05, 4.69) is 5.32 Å². The van der Waals surface area contributed by atoms with E-state index in [1.54, 1.807) is 13.4 Å². The Hall–Kier alpha value is -1.78. The first-order valence-corrected chi connectivity index (χ1v) is 6.32. The minimum absolute atomic E-state index is 0.453. The lowest BCUT2D eigenvalue weighted by Gasteiger charge is -2.13. The van der Waals surface area contributed by atoms with E-state index in [-0.39, 0.29) is 0 Å². The Morgan fingerprint density at radius 2 is 2.11 bits per heavy atom. The monoisotopic (exact) mass is 261 g/mol. The summed E-state index contributed by atoms with van der Waals surface area (Å²) in [4.78, 5) is 0. The number of para-hydroxylation sites is 1. The molecule has 1 aromatic carbocycles. The molecule has 0 fully saturated rings. The van der Waals surface area contributed by atoms with Crippen molar-refractivity contribution in [3.05, 3.63) is 54.0 Å². The molecule has 2 rings (SSSR count). The van der Waals surface area contributed by atoms with Crippen molar-refractivity contribution in [1.29, 1.82) is 0 Å². The fourth-order valence-corrected chi connectivity index (χ4v) is 1.97. The van der Waals surface area contributed by atoms with Gasteiger partial charge in [-0.15, -0.1) is 0 Å². The number of benzene rings is 1. The van der Waals surface area contributed by atoms with Crippen molar-refractivity contribution in [1.82, 2.24) is 5.32 Å². The number of ether oxygens (including phenoxy) is 1. The largest absolute Gasteiger partial charge is 0.496 e. The number of hydrogen-bond acceptors (Lipinski definition) is 4. The zero-order valence-electron chi connectivity index (χ0n) is 11.0. The summed E-state index contributed by atoms with van der Waals surface area (Å²) < 4.78 is 10.5. The average molecular weight is 261 g/mol. The predicted octanol–water partition coefficient (Wildman–Crippen LogP) is 1.98. The molecule has 2 N–H and O–H groups in total. The fraction of sp³-hybridized carbons (Fsp3) is 0.333. The van der Waals surface area contributed by atoms with Crippen molar-refractivity contribution in [3.8, 4) is 5.75 Å². The molecule has 0 aliphatic heterocycles. The molecule has 4 nitrogen and oxygen atoms in total. The van der Waals surface area contributed by atoms with E-state index in [9.17, 15) is 5.11 Å². The summed E-state index contributed by atoms with van der Waals surface area (Å²) in [6, 6.07) is 11.5. The minimum Gasteiger partial charge on any atom is -0.496 e. The lowest BCUT2D eigenvalue weighted by molar-refractivity contribution is 0.169. The van der Waals surface area contributed by atoms with Gasteiger partial charge in [0.2, 0.25) is 0 Å². The SMILES string of the molecule is COc1ccccc1CC(O)CNCc1ccco1. The van der Waals surface area contributed by atoms with Crippen molar-refractivity contribution < 1.29 is 14.3 Å². The third-order valence-electron chi connectivity index (χ3n) is 2.91. The summed E-state index contributed by atoms with van der Waals surface area (Å²) >= 11 is 0. The van der Waals surface area contributed by atoms with Crippen LogP contribution in [0.1, 0.15) is 11.3 Å². The van der Waals surface area contributed by atoms with Crippen LogP contribution in [0.4, 0.5) is 0 Å². The van der Waals surface area contributed by atoms with Gasteiger partial charge in [0, 0.05) is 13.0 Å². The van der Waals surface area contributed by atoms with Crippen LogP contribution >= 0.6 is 0 Å². The number of nitrogens with one attached hydrogen (secondary N) is 1. The average Bonchev–Trinajstić information content (AvgIpc) is 2.92.